The maximum Gasteiger partial charge on any atom is 0.199 e. The van der Waals surface area contributed by atoms with E-state index in [1.807, 2.05) is 0 Å². The minimum absolute atomic E-state index is 0.671. The van der Waals surface area contributed by atoms with E-state index in [0.717, 1.165) is 12.4 Å². The Morgan fingerprint density at radius 1 is 1.73 bits per heavy atom. The molecule has 0 aromatic carbocycles. The van der Waals surface area contributed by atoms with Crippen LogP contribution in [-0.2, 0) is 4.84 Å². The van der Waals surface area contributed by atoms with Crippen LogP contribution in [-0.4, -0.2) is 23.1 Å². The molecule has 0 amide bonds. The number of hydrazine groups is 1. The number of hydrogen-bond donors (Lipinski definition) is 1. The van der Waals surface area contributed by atoms with Crippen LogP contribution in [0.25, 0.3) is 0 Å². The average Bonchev–Trinajstić information content (AvgIpc) is 2.58. The highest BCUT2D eigenvalue weighted by atomic mass is 16.7. The number of anilines is 1. The minimum Gasteiger partial charge on any atom is -0.280 e. The molecule has 0 aliphatic carbocycles. The molecule has 5 nitrogen and oxygen atoms in total. The Kier molecular flexibility index (Phi) is 1.66. The maximum atomic E-state index is 4.91. The lowest BCUT2D eigenvalue weighted by molar-refractivity contribution is 0.0982. The summed E-state index contributed by atoms with van der Waals surface area (Å²) in [5.41, 5.74) is 2.70. The third-order valence-electron chi connectivity index (χ3n) is 1.39. The molecule has 0 atom stereocenters. The molecule has 0 unspecified atom stereocenters. The summed E-state index contributed by atoms with van der Waals surface area (Å²) >= 11 is 0. The van der Waals surface area contributed by atoms with Crippen molar-refractivity contribution in [2.24, 2.45) is 0 Å². The van der Waals surface area contributed by atoms with Gasteiger partial charge in [-0.15, -0.1) is 5.59 Å². The van der Waals surface area contributed by atoms with Gasteiger partial charge in [-0.1, -0.05) is 0 Å². The van der Waals surface area contributed by atoms with Gasteiger partial charge in [0.05, 0.1) is 13.2 Å². The Balaban J connectivity index is 2.16. The third-order valence-corrected chi connectivity index (χ3v) is 1.39. The van der Waals surface area contributed by atoms with Gasteiger partial charge in [-0.2, -0.15) is 0 Å². The van der Waals surface area contributed by atoms with E-state index < -0.39 is 0 Å². The molecule has 1 aromatic rings. The first kappa shape index (κ1) is 6.51. The first-order valence-corrected chi connectivity index (χ1v) is 3.31. The molecule has 0 spiro atoms. The standard InChI is InChI=1S/C6H7N4O/c1-2-7-5-8-6(1)10-3-4-11-9-10/h1-2,9H,3-4H2. The predicted molar refractivity (Wildman–Crippen MR) is 37.3 cm³/mol. The SMILES string of the molecule is [c]1nccc(N2CCON2)n1. The number of nitrogens with zero attached hydrogens (tertiary/aromatic N) is 3. The highest BCUT2D eigenvalue weighted by Gasteiger charge is 2.12. The van der Waals surface area contributed by atoms with Gasteiger partial charge < -0.3 is 0 Å². The Labute approximate surface area is 63.9 Å². The second kappa shape index (κ2) is 2.81. The van der Waals surface area contributed by atoms with E-state index in [1.165, 1.54) is 0 Å². The summed E-state index contributed by atoms with van der Waals surface area (Å²) in [7, 11) is 0. The van der Waals surface area contributed by atoms with Crippen LogP contribution < -0.4 is 10.6 Å². The molecule has 1 N–H and O–H groups in total. The summed E-state index contributed by atoms with van der Waals surface area (Å²) < 4.78 is 0. The average molecular weight is 151 g/mol. The minimum atomic E-state index is 0.671. The summed E-state index contributed by atoms with van der Waals surface area (Å²) in [5.74, 6) is 0.775. The van der Waals surface area contributed by atoms with Crippen molar-refractivity contribution in [1.82, 2.24) is 15.6 Å². The molecular weight excluding hydrogens is 144 g/mol. The van der Waals surface area contributed by atoms with E-state index in [2.05, 4.69) is 21.9 Å². The largest absolute Gasteiger partial charge is 0.280 e. The molecule has 5 heteroatoms. The molecule has 0 bridgehead atoms. The van der Waals surface area contributed by atoms with Crippen molar-refractivity contribution in [3.05, 3.63) is 18.6 Å². The molecule has 1 aliphatic heterocycles. The van der Waals surface area contributed by atoms with Crippen LogP contribution in [0.3, 0.4) is 0 Å². The number of nitrogens with one attached hydrogen (secondary N) is 1. The van der Waals surface area contributed by atoms with Crippen molar-refractivity contribution in [3.8, 4) is 0 Å². The van der Waals surface area contributed by atoms with Gasteiger partial charge in [0.1, 0.15) is 5.82 Å². The van der Waals surface area contributed by atoms with Crippen LogP contribution in [0.2, 0.25) is 0 Å². The second-order valence-electron chi connectivity index (χ2n) is 2.11. The van der Waals surface area contributed by atoms with Gasteiger partial charge in [-0.3, -0.25) is 9.85 Å². The fourth-order valence-corrected chi connectivity index (χ4v) is 0.872. The monoisotopic (exact) mass is 151 g/mol. The summed E-state index contributed by atoms with van der Waals surface area (Å²) in [6, 6.07) is 1.79. The number of rotatable bonds is 1. The Morgan fingerprint density at radius 3 is 3.36 bits per heavy atom. The first-order chi connectivity index (χ1) is 5.47. The quantitative estimate of drug-likeness (QED) is 0.588. The first-order valence-electron chi connectivity index (χ1n) is 3.31. The summed E-state index contributed by atoms with van der Waals surface area (Å²) in [5, 5.41) is 1.79. The van der Waals surface area contributed by atoms with Crippen molar-refractivity contribution in [2.45, 2.75) is 0 Å². The molecular formula is C6H7N4O. The van der Waals surface area contributed by atoms with Crippen molar-refractivity contribution < 1.29 is 4.84 Å². The van der Waals surface area contributed by atoms with Gasteiger partial charge in [0, 0.05) is 12.3 Å². The zero-order valence-corrected chi connectivity index (χ0v) is 5.82. The van der Waals surface area contributed by atoms with Crippen molar-refractivity contribution >= 4 is 5.82 Å². The lowest BCUT2D eigenvalue weighted by Crippen LogP contribution is -2.30. The number of hydrogen-bond acceptors (Lipinski definition) is 5. The van der Waals surface area contributed by atoms with Gasteiger partial charge in [0.2, 0.25) is 0 Å². The van der Waals surface area contributed by atoms with Crippen LogP contribution >= 0.6 is 0 Å². The van der Waals surface area contributed by atoms with Gasteiger partial charge in [0.25, 0.3) is 0 Å². The fraction of sp³-hybridized carbons (Fsp3) is 0.333. The maximum absolute atomic E-state index is 4.91. The van der Waals surface area contributed by atoms with Crippen LogP contribution in [0.1, 0.15) is 0 Å². The molecule has 1 radical (unpaired) electrons. The lowest BCUT2D eigenvalue weighted by atomic mass is 10.5. The zero-order valence-electron chi connectivity index (χ0n) is 5.82. The van der Waals surface area contributed by atoms with E-state index in [1.54, 1.807) is 17.3 Å². The Bertz CT molecular complexity index is 221. The number of aromatic nitrogens is 2. The van der Waals surface area contributed by atoms with E-state index in [-0.39, 0.29) is 0 Å². The molecule has 2 rings (SSSR count). The van der Waals surface area contributed by atoms with Crippen LogP contribution in [0, 0.1) is 6.33 Å². The van der Waals surface area contributed by atoms with E-state index in [0.29, 0.717) is 6.61 Å². The van der Waals surface area contributed by atoms with Crippen molar-refractivity contribution in [2.75, 3.05) is 18.2 Å². The molecule has 1 fully saturated rings. The summed E-state index contributed by atoms with van der Waals surface area (Å²) in [4.78, 5) is 12.5. The second-order valence-corrected chi connectivity index (χ2v) is 2.11. The molecule has 0 saturated carbocycles. The smallest absolute Gasteiger partial charge is 0.199 e. The zero-order chi connectivity index (χ0) is 7.52. The molecule has 57 valence electrons. The summed E-state index contributed by atoms with van der Waals surface area (Å²) in [6.07, 6.45) is 4.14. The Hall–Kier alpha value is -1.20. The molecule has 1 saturated heterocycles. The predicted octanol–water partition coefficient (Wildman–Crippen LogP) is -0.467. The molecule has 11 heavy (non-hydrogen) atoms. The molecule has 1 aromatic heterocycles. The molecule has 1 aliphatic rings. The Morgan fingerprint density at radius 2 is 2.73 bits per heavy atom. The van der Waals surface area contributed by atoms with Gasteiger partial charge in [-0.25, -0.2) is 9.97 Å². The van der Waals surface area contributed by atoms with E-state index >= 15 is 0 Å². The third kappa shape index (κ3) is 1.28. The fourth-order valence-electron chi connectivity index (χ4n) is 0.872. The van der Waals surface area contributed by atoms with E-state index in [4.69, 9.17) is 4.84 Å². The van der Waals surface area contributed by atoms with Crippen LogP contribution in [0.15, 0.2) is 12.3 Å². The highest BCUT2D eigenvalue weighted by Crippen LogP contribution is 2.06. The highest BCUT2D eigenvalue weighted by molar-refractivity contribution is 5.34. The van der Waals surface area contributed by atoms with Crippen LogP contribution in [0.4, 0.5) is 5.82 Å². The van der Waals surface area contributed by atoms with Gasteiger partial charge in [-0.05, 0) is 0 Å². The van der Waals surface area contributed by atoms with Crippen molar-refractivity contribution in [1.29, 1.82) is 0 Å². The van der Waals surface area contributed by atoms with Crippen LogP contribution in [0.5, 0.6) is 0 Å². The lowest BCUT2D eigenvalue weighted by Gasteiger charge is -2.12. The molecule has 2 heterocycles. The van der Waals surface area contributed by atoms with Gasteiger partial charge in [0.15, 0.2) is 6.33 Å². The van der Waals surface area contributed by atoms with Gasteiger partial charge >= 0.3 is 0 Å². The van der Waals surface area contributed by atoms with E-state index in [9.17, 15) is 0 Å². The van der Waals surface area contributed by atoms with Crippen molar-refractivity contribution in [3.63, 3.8) is 0 Å². The summed E-state index contributed by atoms with van der Waals surface area (Å²) in [6.45, 7) is 1.47. The topological polar surface area (TPSA) is 50.3 Å². The normalized spacial score (nSPS) is 17.3.